The highest BCUT2D eigenvalue weighted by atomic mass is 79.9. The third-order valence-corrected chi connectivity index (χ3v) is 12.7. The maximum atomic E-state index is 12.6. The molecule has 0 aliphatic heterocycles. The largest absolute Gasteiger partial charge is 0.314 e. The maximum absolute atomic E-state index is 12.6. The first kappa shape index (κ1) is 33.7. The van der Waals surface area contributed by atoms with Crippen LogP contribution in [0.4, 0.5) is 17.6 Å². The molecule has 0 bridgehead atoms. The summed E-state index contributed by atoms with van der Waals surface area (Å²) < 4.78 is 73.8. The highest BCUT2D eigenvalue weighted by molar-refractivity contribution is 9.11. The molecule has 0 fully saturated rings. The standard InChI is InChI=1S/2C13H13OP.C6Br2F4/c2*1-15(14,12-8-4-2-5-9-12)13-10-6-3-7-11-13;7-1-3(9)5(11)2(8)6(12)4(1)10/h2*2-11H,1H3;. The zero-order valence-electron chi connectivity index (χ0n) is 22.5. The Morgan fingerprint density at radius 2 is 0.571 bits per heavy atom. The van der Waals surface area contributed by atoms with Gasteiger partial charge in [-0.3, -0.25) is 0 Å². The van der Waals surface area contributed by atoms with Crippen LogP contribution in [0.3, 0.4) is 0 Å². The third-order valence-electron chi connectivity index (χ3n) is 6.15. The number of benzene rings is 5. The lowest BCUT2D eigenvalue weighted by molar-refractivity contribution is 0.439. The minimum Gasteiger partial charge on any atom is -0.314 e. The molecule has 5 aromatic rings. The zero-order chi connectivity index (χ0) is 30.9. The minimum atomic E-state index is -2.40. The summed E-state index contributed by atoms with van der Waals surface area (Å²) in [5.41, 5.74) is 0. The topological polar surface area (TPSA) is 34.1 Å². The van der Waals surface area contributed by atoms with E-state index in [0.29, 0.717) is 0 Å². The van der Waals surface area contributed by atoms with Crippen LogP contribution in [-0.4, -0.2) is 13.3 Å². The predicted molar refractivity (Wildman–Crippen MR) is 173 cm³/mol. The van der Waals surface area contributed by atoms with Crippen molar-refractivity contribution in [3.8, 4) is 0 Å². The van der Waals surface area contributed by atoms with Gasteiger partial charge in [-0.05, 0) is 45.2 Å². The molecule has 0 unspecified atom stereocenters. The minimum absolute atomic E-state index is 0.847. The summed E-state index contributed by atoms with van der Waals surface area (Å²) >= 11 is 4.73. The molecule has 0 saturated heterocycles. The Morgan fingerprint density at radius 1 is 0.405 bits per heavy atom. The van der Waals surface area contributed by atoms with Crippen LogP contribution < -0.4 is 21.2 Å². The molecule has 42 heavy (non-hydrogen) atoms. The molecule has 5 rings (SSSR count). The molecule has 0 heterocycles. The molecular weight excluding hydrogens is 714 g/mol. The lowest BCUT2D eigenvalue weighted by atomic mass is 10.3. The van der Waals surface area contributed by atoms with Gasteiger partial charge in [0.15, 0.2) is 23.3 Å². The van der Waals surface area contributed by atoms with Gasteiger partial charge in [-0.15, -0.1) is 0 Å². The van der Waals surface area contributed by atoms with Crippen LogP contribution in [0, 0.1) is 23.3 Å². The molecule has 0 amide bonds. The van der Waals surface area contributed by atoms with E-state index in [1.807, 2.05) is 135 Å². The van der Waals surface area contributed by atoms with E-state index in [1.165, 1.54) is 0 Å². The Kier molecular flexibility index (Phi) is 12.1. The van der Waals surface area contributed by atoms with E-state index in [-0.39, 0.29) is 0 Å². The van der Waals surface area contributed by atoms with Gasteiger partial charge in [0.2, 0.25) is 0 Å². The van der Waals surface area contributed by atoms with Gasteiger partial charge in [0, 0.05) is 21.2 Å². The van der Waals surface area contributed by atoms with Crippen molar-refractivity contribution in [2.45, 2.75) is 0 Å². The summed E-state index contributed by atoms with van der Waals surface area (Å²) in [7, 11) is -4.79. The van der Waals surface area contributed by atoms with E-state index < -0.39 is 46.5 Å². The van der Waals surface area contributed by atoms with Crippen LogP contribution in [0.2, 0.25) is 0 Å². The van der Waals surface area contributed by atoms with Crippen LogP contribution in [0.15, 0.2) is 130 Å². The van der Waals surface area contributed by atoms with Crippen molar-refractivity contribution in [3.05, 3.63) is 154 Å². The van der Waals surface area contributed by atoms with E-state index in [2.05, 4.69) is 31.9 Å². The molecule has 0 spiro atoms. The average Bonchev–Trinajstić information content (AvgIpc) is 3.04. The van der Waals surface area contributed by atoms with Crippen molar-refractivity contribution in [3.63, 3.8) is 0 Å². The van der Waals surface area contributed by atoms with E-state index in [4.69, 9.17) is 0 Å². The molecule has 0 saturated carbocycles. The summed E-state index contributed by atoms with van der Waals surface area (Å²) in [4.78, 5) is 0. The lowest BCUT2D eigenvalue weighted by Crippen LogP contribution is -2.14. The Balaban J connectivity index is 0.000000174. The van der Waals surface area contributed by atoms with Crippen LogP contribution in [0.1, 0.15) is 0 Å². The zero-order valence-corrected chi connectivity index (χ0v) is 27.5. The second-order valence-corrected chi connectivity index (χ2v) is 16.4. The summed E-state index contributed by atoms with van der Waals surface area (Å²) in [6, 6.07) is 38.6. The van der Waals surface area contributed by atoms with Crippen LogP contribution in [0.25, 0.3) is 0 Å². The van der Waals surface area contributed by atoms with Crippen LogP contribution >= 0.6 is 46.1 Å². The molecule has 0 aliphatic carbocycles. The number of hydrogen-bond donors (Lipinski definition) is 0. The monoisotopic (exact) mass is 738 g/mol. The van der Waals surface area contributed by atoms with Crippen molar-refractivity contribution >= 4 is 67.4 Å². The summed E-state index contributed by atoms with van der Waals surface area (Å²) in [6.07, 6.45) is 0. The Morgan fingerprint density at radius 3 is 0.738 bits per heavy atom. The Labute approximate surface area is 259 Å². The summed E-state index contributed by atoms with van der Waals surface area (Å²) in [6.45, 7) is 3.63. The normalized spacial score (nSPS) is 11.0. The molecule has 0 aliphatic rings. The van der Waals surface area contributed by atoms with Crippen molar-refractivity contribution in [2.75, 3.05) is 13.3 Å². The highest BCUT2D eigenvalue weighted by Crippen LogP contribution is 2.39. The number of rotatable bonds is 4. The number of hydrogen-bond acceptors (Lipinski definition) is 2. The smallest absolute Gasteiger partial charge is 0.177 e. The van der Waals surface area contributed by atoms with Crippen molar-refractivity contribution < 1.29 is 26.7 Å². The van der Waals surface area contributed by atoms with Gasteiger partial charge >= 0.3 is 0 Å². The van der Waals surface area contributed by atoms with Crippen LogP contribution in [0.5, 0.6) is 0 Å². The maximum Gasteiger partial charge on any atom is 0.177 e. The fourth-order valence-corrected chi connectivity index (χ4v) is 7.98. The van der Waals surface area contributed by atoms with E-state index in [1.54, 1.807) is 0 Å². The molecule has 0 radical (unpaired) electrons. The van der Waals surface area contributed by atoms with E-state index in [0.717, 1.165) is 21.2 Å². The second kappa shape index (κ2) is 15.1. The molecular formula is C32H26Br2F4O2P2. The lowest BCUT2D eigenvalue weighted by Gasteiger charge is -2.13. The van der Waals surface area contributed by atoms with Crippen LogP contribution in [-0.2, 0) is 9.13 Å². The third kappa shape index (κ3) is 8.20. The van der Waals surface area contributed by atoms with Gasteiger partial charge in [-0.2, -0.15) is 0 Å². The van der Waals surface area contributed by atoms with Crippen molar-refractivity contribution in [1.29, 1.82) is 0 Å². The molecule has 0 atom stereocenters. The highest BCUT2D eigenvalue weighted by Gasteiger charge is 2.22. The Hall–Kier alpha value is -2.76. The van der Waals surface area contributed by atoms with Gasteiger partial charge < -0.3 is 9.13 Å². The summed E-state index contributed by atoms with van der Waals surface area (Å²) in [5.74, 6) is -5.83. The quantitative estimate of drug-likeness (QED) is 0.0799. The van der Waals surface area contributed by atoms with Crippen molar-refractivity contribution in [2.24, 2.45) is 0 Å². The first-order valence-electron chi connectivity index (χ1n) is 12.4. The molecule has 0 aromatic heterocycles. The van der Waals surface area contributed by atoms with E-state index >= 15 is 0 Å². The first-order valence-corrected chi connectivity index (χ1v) is 18.3. The van der Waals surface area contributed by atoms with E-state index in [9.17, 15) is 26.7 Å². The fraction of sp³-hybridized carbons (Fsp3) is 0.0625. The molecule has 0 N–H and O–H groups in total. The van der Waals surface area contributed by atoms with Gasteiger partial charge in [0.25, 0.3) is 0 Å². The second-order valence-electron chi connectivity index (χ2n) is 9.07. The average molecular weight is 740 g/mol. The molecule has 2 nitrogen and oxygen atoms in total. The first-order chi connectivity index (χ1) is 19.9. The van der Waals surface area contributed by atoms with Gasteiger partial charge in [0.05, 0.1) is 8.95 Å². The van der Waals surface area contributed by atoms with Crippen molar-refractivity contribution in [1.82, 2.24) is 0 Å². The predicted octanol–water partition coefficient (Wildman–Crippen LogP) is 9.03. The molecule has 218 valence electrons. The fourth-order valence-electron chi connectivity index (χ4n) is 3.73. The van der Waals surface area contributed by atoms with Gasteiger partial charge in [0.1, 0.15) is 14.3 Å². The molecule has 10 heteroatoms. The van der Waals surface area contributed by atoms with Gasteiger partial charge in [-0.25, -0.2) is 17.6 Å². The SMILES string of the molecule is CP(=O)(c1ccccc1)c1ccccc1.CP(=O)(c1ccccc1)c1ccccc1.Fc1c(F)c(Br)c(F)c(F)c1Br. The summed E-state index contributed by atoms with van der Waals surface area (Å²) in [5, 5.41) is 3.65. The Bertz CT molecular complexity index is 1420. The molecule has 5 aromatic carbocycles. The number of halogens is 6. The van der Waals surface area contributed by atoms with Gasteiger partial charge in [-0.1, -0.05) is 121 Å².